The molecule has 0 bridgehead atoms. The van der Waals surface area contributed by atoms with Crippen LogP contribution in [0.4, 0.5) is 0 Å². The van der Waals surface area contributed by atoms with Gasteiger partial charge in [0.05, 0.1) is 22.8 Å². The standard InChI is InChI=1S/C39H41N5O.Pt/c1-24(2)36-37(25(3)4)43-23-32(22-33(38(43)41-36)34-20-29(18-19-40-34)39(7,8)9)45-31-17-13-16-30(21-31)44-27(6)35(26(5)42-44)28-14-11-10-12-15-28;/h10-20,23-25H,1-9H3;/q-2;+2. The third-order valence-electron chi connectivity index (χ3n) is 8.23. The van der Waals surface area contributed by atoms with Crippen LogP contribution in [0.15, 0.2) is 73.1 Å². The molecule has 0 amide bonds. The first-order chi connectivity index (χ1) is 21.4. The van der Waals surface area contributed by atoms with Crippen LogP contribution in [0.25, 0.3) is 33.7 Å². The van der Waals surface area contributed by atoms with Gasteiger partial charge in [-0.15, -0.1) is 18.2 Å². The molecule has 0 N–H and O–H groups in total. The maximum atomic E-state index is 6.55. The number of aryl methyl sites for hydroxylation is 1. The van der Waals surface area contributed by atoms with Crippen LogP contribution in [0.3, 0.4) is 0 Å². The van der Waals surface area contributed by atoms with Gasteiger partial charge < -0.3 is 14.1 Å². The number of ether oxygens (including phenoxy) is 1. The average Bonchev–Trinajstić information content (AvgIpc) is 3.54. The minimum Gasteiger partial charge on any atom is -0.501 e. The van der Waals surface area contributed by atoms with Crippen molar-refractivity contribution in [2.45, 2.75) is 79.6 Å². The fourth-order valence-electron chi connectivity index (χ4n) is 6.00. The van der Waals surface area contributed by atoms with E-state index >= 15 is 0 Å². The van der Waals surface area contributed by atoms with Gasteiger partial charge in [0.25, 0.3) is 0 Å². The summed E-state index contributed by atoms with van der Waals surface area (Å²) in [5.41, 5.74) is 11.0. The largest absolute Gasteiger partial charge is 2.00 e. The van der Waals surface area contributed by atoms with Crippen LogP contribution in [-0.4, -0.2) is 24.1 Å². The SMILES string of the molecule is Cc1nn(-c2[c-]c(Oc3[c-]c(-c4cc(C(C)(C)C)ccn4)c4nc(C(C)C)c(C(C)C)n4c3)ccc2)c(C)c1-c1ccccc1.[Pt+2]. The first-order valence-electron chi connectivity index (χ1n) is 15.7. The van der Waals surface area contributed by atoms with Crippen LogP contribution in [-0.2, 0) is 26.5 Å². The van der Waals surface area contributed by atoms with Crippen molar-refractivity contribution in [1.29, 1.82) is 0 Å². The van der Waals surface area contributed by atoms with Crippen molar-refractivity contribution in [2.24, 2.45) is 0 Å². The Hall–Kier alpha value is -4.02. The molecule has 2 aromatic carbocycles. The summed E-state index contributed by atoms with van der Waals surface area (Å²) in [7, 11) is 0. The quantitative estimate of drug-likeness (QED) is 0.151. The number of benzene rings is 2. The minimum absolute atomic E-state index is 0. The molecule has 0 fully saturated rings. The average molecular weight is 791 g/mol. The predicted octanol–water partition coefficient (Wildman–Crippen LogP) is 9.80. The molecule has 0 saturated heterocycles. The molecule has 0 spiro atoms. The molecule has 7 heteroatoms. The Kier molecular flexibility index (Phi) is 9.42. The third-order valence-corrected chi connectivity index (χ3v) is 8.23. The van der Waals surface area contributed by atoms with Gasteiger partial charge >= 0.3 is 21.1 Å². The Bertz CT molecular complexity index is 2000. The maximum absolute atomic E-state index is 6.55. The molecular formula is C39H41N5OPt. The zero-order valence-corrected chi connectivity index (χ0v) is 30.3. The molecular weight excluding hydrogens is 750 g/mol. The Morgan fingerprint density at radius 1 is 0.848 bits per heavy atom. The molecule has 0 saturated carbocycles. The molecule has 0 unspecified atom stereocenters. The second kappa shape index (κ2) is 13.0. The molecule has 46 heavy (non-hydrogen) atoms. The zero-order valence-electron chi connectivity index (χ0n) is 28.0. The van der Waals surface area contributed by atoms with E-state index in [2.05, 4.69) is 108 Å². The van der Waals surface area contributed by atoms with Crippen molar-refractivity contribution in [3.05, 3.63) is 114 Å². The van der Waals surface area contributed by atoms with E-state index in [1.807, 2.05) is 48.3 Å². The maximum Gasteiger partial charge on any atom is 2.00 e. The van der Waals surface area contributed by atoms with Gasteiger partial charge in [0, 0.05) is 28.9 Å². The Balaban J connectivity index is 0.00000417. The van der Waals surface area contributed by atoms with Gasteiger partial charge in [0.1, 0.15) is 0 Å². The molecule has 0 radical (unpaired) electrons. The monoisotopic (exact) mass is 790 g/mol. The number of pyridine rings is 2. The molecule has 6 nitrogen and oxygen atoms in total. The number of hydrogen-bond acceptors (Lipinski definition) is 4. The van der Waals surface area contributed by atoms with Crippen LogP contribution in [0.5, 0.6) is 11.5 Å². The summed E-state index contributed by atoms with van der Waals surface area (Å²) in [4.78, 5) is 9.96. The summed E-state index contributed by atoms with van der Waals surface area (Å²) < 4.78 is 10.7. The summed E-state index contributed by atoms with van der Waals surface area (Å²) in [5, 5.41) is 4.88. The van der Waals surface area contributed by atoms with Crippen LogP contribution < -0.4 is 4.74 Å². The fraction of sp³-hybridized carbons (Fsp3) is 0.308. The zero-order chi connectivity index (χ0) is 32.0. The van der Waals surface area contributed by atoms with E-state index in [0.29, 0.717) is 11.5 Å². The fourth-order valence-corrected chi connectivity index (χ4v) is 6.00. The van der Waals surface area contributed by atoms with E-state index in [1.54, 1.807) is 0 Å². The van der Waals surface area contributed by atoms with Crippen molar-refractivity contribution < 1.29 is 25.8 Å². The summed E-state index contributed by atoms with van der Waals surface area (Å²) in [5.74, 6) is 1.67. The van der Waals surface area contributed by atoms with E-state index in [0.717, 1.165) is 50.8 Å². The Morgan fingerprint density at radius 2 is 1.59 bits per heavy atom. The molecule has 0 atom stereocenters. The summed E-state index contributed by atoms with van der Waals surface area (Å²) in [6.45, 7) is 19.6. The second-order valence-corrected chi connectivity index (χ2v) is 13.4. The molecule has 0 aliphatic heterocycles. The van der Waals surface area contributed by atoms with E-state index in [4.69, 9.17) is 19.8 Å². The van der Waals surface area contributed by atoms with E-state index in [9.17, 15) is 0 Å². The van der Waals surface area contributed by atoms with Gasteiger partial charge in [-0.3, -0.25) is 9.67 Å². The normalized spacial score (nSPS) is 11.8. The van der Waals surface area contributed by atoms with Crippen molar-refractivity contribution in [3.63, 3.8) is 0 Å². The van der Waals surface area contributed by atoms with Gasteiger partial charge in [-0.2, -0.15) is 11.2 Å². The van der Waals surface area contributed by atoms with Gasteiger partial charge in [0.2, 0.25) is 0 Å². The topological polar surface area (TPSA) is 57.2 Å². The molecule has 6 aromatic rings. The van der Waals surface area contributed by atoms with Crippen molar-refractivity contribution in [1.82, 2.24) is 24.1 Å². The summed E-state index contributed by atoms with van der Waals surface area (Å²) in [6, 6.07) is 27.5. The Morgan fingerprint density at radius 3 is 2.26 bits per heavy atom. The van der Waals surface area contributed by atoms with Crippen molar-refractivity contribution >= 4 is 5.65 Å². The number of hydrogen-bond donors (Lipinski definition) is 0. The molecule has 4 heterocycles. The Labute approximate surface area is 287 Å². The molecule has 238 valence electrons. The van der Waals surface area contributed by atoms with Crippen LogP contribution in [0.2, 0.25) is 0 Å². The molecule has 4 aromatic heterocycles. The molecule has 0 aliphatic carbocycles. The smallest absolute Gasteiger partial charge is 0.501 e. The predicted molar refractivity (Wildman–Crippen MR) is 182 cm³/mol. The summed E-state index contributed by atoms with van der Waals surface area (Å²) >= 11 is 0. The van der Waals surface area contributed by atoms with Gasteiger partial charge in [-0.1, -0.05) is 96.5 Å². The number of aromatic nitrogens is 5. The van der Waals surface area contributed by atoms with Gasteiger partial charge in [-0.25, -0.2) is 0 Å². The minimum atomic E-state index is -0.0253. The van der Waals surface area contributed by atoms with Crippen LogP contribution in [0, 0.1) is 26.0 Å². The van der Waals surface area contributed by atoms with Gasteiger partial charge in [0.15, 0.2) is 0 Å². The number of fused-ring (bicyclic) bond motifs is 1. The number of imidazole rings is 1. The first kappa shape index (κ1) is 33.3. The number of rotatable bonds is 7. The molecule has 6 rings (SSSR count). The van der Waals surface area contributed by atoms with Crippen molar-refractivity contribution in [2.75, 3.05) is 0 Å². The van der Waals surface area contributed by atoms with E-state index in [-0.39, 0.29) is 38.3 Å². The number of nitrogens with zero attached hydrogens (tertiary/aromatic N) is 5. The summed E-state index contributed by atoms with van der Waals surface area (Å²) in [6.07, 6.45) is 3.87. The van der Waals surface area contributed by atoms with Crippen molar-refractivity contribution in [3.8, 4) is 39.6 Å². The third kappa shape index (κ3) is 6.33. The van der Waals surface area contributed by atoms with E-state index < -0.39 is 0 Å². The van der Waals surface area contributed by atoms with Gasteiger partial charge in [-0.05, 0) is 65.9 Å². The van der Waals surface area contributed by atoms with Crippen LogP contribution in [0.1, 0.15) is 88.6 Å². The second-order valence-electron chi connectivity index (χ2n) is 13.4. The van der Waals surface area contributed by atoms with Crippen LogP contribution >= 0.6 is 0 Å². The first-order valence-corrected chi connectivity index (χ1v) is 15.7. The van der Waals surface area contributed by atoms with E-state index in [1.165, 1.54) is 11.3 Å². The molecule has 0 aliphatic rings.